The maximum Gasteiger partial charge on any atom is 0.238 e. The number of likely N-dealkylation sites (tertiary alicyclic amines) is 1. The minimum atomic E-state index is -3.81. The molecule has 1 fully saturated rings. The summed E-state index contributed by atoms with van der Waals surface area (Å²) in [5, 5.41) is 5.21. The van der Waals surface area contributed by atoms with E-state index in [-0.39, 0.29) is 4.90 Å². The maximum absolute atomic E-state index is 11.6. The molecule has 8 heteroatoms. The van der Waals surface area contributed by atoms with Crippen LogP contribution >= 0.6 is 0 Å². The zero-order valence-corrected chi connectivity index (χ0v) is 17.2. The van der Waals surface area contributed by atoms with E-state index >= 15 is 0 Å². The van der Waals surface area contributed by atoms with Gasteiger partial charge < -0.3 is 9.47 Å². The van der Waals surface area contributed by atoms with Crippen LogP contribution in [0.1, 0.15) is 39.2 Å². The van der Waals surface area contributed by atoms with E-state index in [4.69, 9.17) is 14.6 Å². The van der Waals surface area contributed by atoms with Crippen molar-refractivity contribution in [1.82, 2.24) is 4.90 Å². The zero-order valence-electron chi connectivity index (χ0n) is 16.4. The molecule has 0 aromatic heterocycles. The standard InChI is InChI=1S/C16H25N3O4S.C2H6/c1-4-19-9-5-6-12(19)11-18-16(23-3)14-10-13(24(17,20)21)7-8-15(14)22-2;1-2/h7-8,10,12H,4-6,9,11H2,1-3H3,(H2,17,20,21);1-2H3. The second kappa shape index (κ2) is 10.5. The average Bonchev–Trinajstić information content (AvgIpc) is 3.10. The van der Waals surface area contributed by atoms with Crippen LogP contribution in [0.5, 0.6) is 5.75 Å². The number of hydrogen-bond donors (Lipinski definition) is 1. The molecular weight excluding hydrogens is 354 g/mol. The molecule has 1 aromatic carbocycles. The van der Waals surface area contributed by atoms with E-state index in [1.54, 1.807) is 6.07 Å². The Hall–Kier alpha value is -1.64. The Labute approximate surface area is 157 Å². The molecule has 148 valence electrons. The Morgan fingerprint density at radius 2 is 2.04 bits per heavy atom. The molecule has 0 aliphatic carbocycles. The zero-order chi connectivity index (χ0) is 19.7. The van der Waals surface area contributed by atoms with Crippen LogP contribution in [0.4, 0.5) is 0 Å². The summed E-state index contributed by atoms with van der Waals surface area (Å²) in [6, 6.07) is 4.77. The van der Waals surface area contributed by atoms with Gasteiger partial charge in [-0.3, -0.25) is 4.90 Å². The Morgan fingerprint density at radius 3 is 2.58 bits per heavy atom. The number of rotatable bonds is 6. The summed E-state index contributed by atoms with van der Waals surface area (Å²) in [6.07, 6.45) is 2.27. The molecule has 1 aliphatic heterocycles. The number of ether oxygens (including phenoxy) is 2. The van der Waals surface area contributed by atoms with Gasteiger partial charge in [0.15, 0.2) is 0 Å². The third-order valence-corrected chi connectivity index (χ3v) is 5.19. The van der Waals surface area contributed by atoms with Crippen LogP contribution in [0.15, 0.2) is 28.1 Å². The molecule has 2 rings (SSSR count). The summed E-state index contributed by atoms with van der Waals surface area (Å²) in [7, 11) is -0.789. The van der Waals surface area contributed by atoms with Gasteiger partial charge in [-0.15, -0.1) is 0 Å². The van der Waals surface area contributed by atoms with Crippen molar-refractivity contribution in [3.8, 4) is 5.75 Å². The topological polar surface area (TPSA) is 94.2 Å². The van der Waals surface area contributed by atoms with Crippen LogP contribution in [0, 0.1) is 0 Å². The first kappa shape index (κ1) is 22.4. The fraction of sp³-hybridized carbons (Fsp3) is 0.611. The van der Waals surface area contributed by atoms with Gasteiger partial charge in [0.05, 0.1) is 31.2 Å². The van der Waals surface area contributed by atoms with Gasteiger partial charge in [0.1, 0.15) is 5.75 Å². The molecule has 7 nitrogen and oxygen atoms in total. The van der Waals surface area contributed by atoms with Crippen molar-refractivity contribution in [3.05, 3.63) is 23.8 Å². The Morgan fingerprint density at radius 1 is 1.35 bits per heavy atom. The van der Waals surface area contributed by atoms with Crippen molar-refractivity contribution < 1.29 is 17.9 Å². The molecule has 0 amide bonds. The maximum atomic E-state index is 11.6. The smallest absolute Gasteiger partial charge is 0.238 e. The normalized spacial score (nSPS) is 18.2. The fourth-order valence-corrected chi connectivity index (χ4v) is 3.54. The van der Waals surface area contributed by atoms with Gasteiger partial charge in [-0.1, -0.05) is 20.8 Å². The van der Waals surface area contributed by atoms with Gasteiger partial charge >= 0.3 is 0 Å². The van der Waals surface area contributed by atoms with Crippen molar-refractivity contribution in [3.63, 3.8) is 0 Å². The summed E-state index contributed by atoms with van der Waals surface area (Å²) in [5.41, 5.74) is 0.479. The lowest BCUT2D eigenvalue weighted by Gasteiger charge is -2.21. The highest BCUT2D eigenvalue weighted by atomic mass is 32.2. The van der Waals surface area contributed by atoms with E-state index in [2.05, 4.69) is 16.8 Å². The minimum Gasteiger partial charge on any atom is -0.496 e. The van der Waals surface area contributed by atoms with Crippen LogP contribution in [0.25, 0.3) is 0 Å². The lowest BCUT2D eigenvalue weighted by molar-refractivity contribution is 0.271. The number of aliphatic imine (C=N–C) groups is 1. The molecule has 1 aliphatic rings. The minimum absolute atomic E-state index is 0.000832. The highest BCUT2D eigenvalue weighted by Gasteiger charge is 2.23. The summed E-state index contributed by atoms with van der Waals surface area (Å²) >= 11 is 0. The number of nitrogens with two attached hydrogens (primary N) is 1. The number of benzene rings is 1. The van der Waals surface area contributed by atoms with Gasteiger partial charge in [0.25, 0.3) is 0 Å². The first-order valence-corrected chi connectivity index (χ1v) is 10.5. The average molecular weight is 386 g/mol. The first-order chi connectivity index (χ1) is 12.4. The van der Waals surface area contributed by atoms with Gasteiger partial charge in [-0.05, 0) is 44.1 Å². The Balaban J connectivity index is 0.00000163. The molecular formula is C18H31N3O4S. The second-order valence-electron chi connectivity index (χ2n) is 5.68. The number of likely N-dealkylation sites (N-methyl/N-ethyl adjacent to an activating group) is 1. The third kappa shape index (κ3) is 5.69. The quantitative estimate of drug-likeness (QED) is 0.599. The van der Waals surface area contributed by atoms with Crippen molar-refractivity contribution in [2.45, 2.75) is 44.6 Å². The fourth-order valence-electron chi connectivity index (χ4n) is 3.00. The molecule has 1 unspecified atom stereocenters. The SMILES string of the molecule is CC.CCN1CCCC1CN=C(OC)c1cc(S(N)(=O)=O)ccc1OC. The summed E-state index contributed by atoms with van der Waals surface area (Å²) < 4.78 is 33.9. The highest BCUT2D eigenvalue weighted by molar-refractivity contribution is 7.89. The van der Waals surface area contributed by atoms with E-state index in [0.717, 1.165) is 19.5 Å². The van der Waals surface area contributed by atoms with Crippen molar-refractivity contribution >= 4 is 15.9 Å². The lowest BCUT2D eigenvalue weighted by atomic mass is 10.2. The van der Waals surface area contributed by atoms with Gasteiger partial charge in [0.2, 0.25) is 15.9 Å². The van der Waals surface area contributed by atoms with E-state index in [1.165, 1.54) is 32.8 Å². The molecule has 0 saturated carbocycles. The first-order valence-electron chi connectivity index (χ1n) is 8.94. The Bertz CT molecular complexity index is 704. The second-order valence-corrected chi connectivity index (χ2v) is 7.24. The van der Waals surface area contributed by atoms with E-state index in [1.807, 2.05) is 13.8 Å². The number of nitrogens with zero attached hydrogens (tertiary/aromatic N) is 2. The van der Waals surface area contributed by atoms with E-state index in [9.17, 15) is 8.42 Å². The number of sulfonamides is 1. The number of hydrogen-bond acceptors (Lipinski definition) is 6. The van der Waals surface area contributed by atoms with Gasteiger partial charge in [-0.25, -0.2) is 18.5 Å². The molecule has 2 N–H and O–H groups in total. The molecule has 1 heterocycles. The van der Waals surface area contributed by atoms with Crippen LogP contribution < -0.4 is 9.88 Å². The van der Waals surface area contributed by atoms with Crippen LogP contribution in [0.3, 0.4) is 0 Å². The van der Waals surface area contributed by atoms with Crippen molar-refractivity contribution in [1.29, 1.82) is 0 Å². The predicted octanol–water partition coefficient (Wildman–Crippen LogP) is 2.25. The Kier molecular flexibility index (Phi) is 9.04. The van der Waals surface area contributed by atoms with E-state index < -0.39 is 10.0 Å². The number of methoxy groups -OCH3 is 2. The molecule has 0 spiro atoms. The monoisotopic (exact) mass is 385 g/mol. The largest absolute Gasteiger partial charge is 0.496 e. The summed E-state index contributed by atoms with van der Waals surface area (Å²) in [5.74, 6) is 0.835. The molecule has 0 bridgehead atoms. The van der Waals surface area contributed by atoms with E-state index in [0.29, 0.717) is 29.8 Å². The van der Waals surface area contributed by atoms with Crippen LogP contribution in [-0.4, -0.2) is 59.1 Å². The van der Waals surface area contributed by atoms with Crippen LogP contribution in [0.2, 0.25) is 0 Å². The lowest BCUT2D eigenvalue weighted by Crippen LogP contribution is -2.31. The molecule has 1 saturated heterocycles. The summed E-state index contributed by atoms with van der Waals surface area (Å²) in [6.45, 7) is 8.81. The van der Waals surface area contributed by atoms with Crippen molar-refractivity contribution in [2.24, 2.45) is 10.1 Å². The number of primary sulfonamides is 1. The van der Waals surface area contributed by atoms with Crippen LogP contribution in [-0.2, 0) is 14.8 Å². The summed E-state index contributed by atoms with van der Waals surface area (Å²) in [4.78, 5) is 6.94. The van der Waals surface area contributed by atoms with Crippen molar-refractivity contribution in [2.75, 3.05) is 33.9 Å². The molecule has 26 heavy (non-hydrogen) atoms. The highest BCUT2D eigenvalue weighted by Crippen LogP contribution is 2.24. The third-order valence-electron chi connectivity index (χ3n) is 4.27. The molecule has 1 aromatic rings. The predicted molar refractivity (Wildman–Crippen MR) is 104 cm³/mol. The molecule has 1 atom stereocenters. The van der Waals surface area contributed by atoms with Gasteiger partial charge in [0, 0.05) is 6.04 Å². The molecule has 0 radical (unpaired) electrons. The van der Waals surface area contributed by atoms with Gasteiger partial charge in [-0.2, -0.15) is 0 Å².